The monoisotopic (exact) mass is 891 g/mol. The Morgan fingerprint density at radius 1 is 0.229 bits per heavy atom. The van der Waals surface area contributed by atoms with Crippen LogP contribution < -0.4 is 4.90 Å². The number of hydrogen-bond acceptors (Lipinski definition) is 2. The molecule has 0 aliphatic heterocycles. The van der Waals surface area contributed by atoms with Crippen molar-refractivity contribution in [1.29, 1.82) is 0 Å². The van der Waals surface area contributed by atoms with Crippen molar-refractivity contribution in [3.05, 3.63) is 273 Å². The van der Waals surface area contributed by atoms with Gasteiger partial charge in [-0.2, -0.15) is 0 Å². The third-order valence-corrected chi connectivity index (χ3v) is 13.9. The molecule has 2 heteroatoms. The average Bonchev–Trinajstić information content (AvgIpc) is 3.83. The maximum Gasteiger partial charge on any atom is 0.143 e. The van der Waals surface area contributed by atoms with Crippen LogP contribution in [0.15, 0.2) is 277 Å². The second-order valence-electron chi connectivity index (χ2n) is 18.0. The van der Waals surface area contributed by atoms with E-state index in [2.05, 4.69) is 266 Å². The quantitative estimate of drug-likeness (QED) is 0.134. The summed E-state index contributed by atoms with van der Waals surface area (Å²) in [6.07, 6.45) is 0. The van der Waals surface area contributed by atoms with Gasteiger partial charge in [0.25, 0.3) is 0 Å². The van der Waals surface area contributed by atoms with E-state index in [1.54, 1.807) is 0 Å². The van der Waals surface area contributed by atoms with Gasteiger partial charge in [-0.3, -0.25) is 0 Å². The molecule has 0 fully saturated rings. The molecule has 0 saturated carbocycles. The van der Waals surface area contributed by atoms with Gasteiger partial charge in [-0.25, -0.2) is 0 Å². The van der Waals surface area contributed by atoms with Crippen molar-refractivity contribution < 1.29 is 4.42 Å². The summed E-state index contributed by atoms with van der Waals surface area (Å²) in [5, 5.41) is 7.23. The lowest BCUT2D eigenvalue weighted by molar-refractivity contribution is 0.670. The Kier molecular flexibility index (Phi) is 10.2. The van der Waals surface area contributed by atoms with Crippen molar-refractivity contribution in [3.8, 4) is 66.8 Å². The number of anilines is 3. The zero-order valence-electron chi connectivity index (χ0n) is 38.3. The molecule has 0 unspecified atom stereocenters. The minimum absolute atomic E-state index is 0.894. The van der Waals surface area contributed by atoms with E-state index in [4.69, 9.17) is 4.42 Å². The Morgan fingerprint density at radius 2 is 0.657 bits per heavy atom. The van der Waals surface area contributed by atoms with Gasteiger partial charge in [-0.05, 0) is 131 Å². The predicted octanol–water partition coefficient (Wildman–Crippen LogP) is 19.4. The van der Waals surface area contributed by atoms with Gasteiger partial charge in [0.1, 0.15) is 11.2 Å². The Labute approximate surface area is 407 Å². The van der Waals surface area contributed by atoms with Crippen molar-refractivity contribution in [2.75, 3.05) is 4.90 Å². The lowest BCUT2D eigenvalue weighted by Gasteiger charge is -2.26. The van der Waals surface area contributed by atoms with Crippen molar-refractivity contribution in [2.45, 2.75) is 0 Å². The number of furan rings is 1. The van der Waals surface area contributed by atoms with E-state index in [0.29, 0.717) is 0 Å². The second-order valence-corrected chi connectivity index (χ2v) is 18.0. The number of hydrogen-bond donors (Lipinski definition) is 0. The van der Waals surface area contributed by atoms with Crippen LogP contribution in [0.2, 0.25) is 0 Å². The minimum Gasteiger partial charge on any atom is -0.455 e. The van der Waals surface area contributed by atoms with Gasteiger partial charge in [-0.1, -0.05) is 224 Å². The third-order valence-electron chi connectivity index (χ3n) is 13.9. The molecule has 0 aliphatic carbocycles. The maximum absolute atomic E-state index is 6.55. The van der Waals surface area contributed by atoms with Gasteiger partial charge in [0, 0.05) is 33.4 Å². The topological polar surface area (TPSA) is 16.4 Å². The molecule has 0 N–H and O–H groups in total. The van der Waals surface area contributed by atoms with Gasteiger partial charge in [0.15, 0.2) is 0 Å². The molecule has 12 aromatic carbocycles. The number of benzene rings is 12. The first kappa shape index (κ1) is 41.0. The summed E-state index contributed by atoms with van der Waals surface area (Å²) in [6, 6.07) is 98.6. The van der Waals surface area contributed by atoms with Crippen LogP contribution in [-0.4, -0.2) is 0 Å². The van der Waals surface area contributed by atoms with Gasteiger partial charge in [0.05, 0.1) is 0 Å². The van der Waals surface area contributed by atoms with Crippen LogP contribution in [0.5, 0.6) is 0 Å². The van der Waals surface area contributed by atoms with Crippen LogP contribution >= 0.6 is 0 Å². The predicted molar refractivity (Wildman–Crippen MR) is 296 cm³/mol. The zero-order valence-corrected chi connectivity index (χ0v) is 38.3. The largest absolute Gasteiger partial charge is 0.455 e. The molecular formula is C68H45NO. The highest BCUT2D eigenvalue weighted by Gasteiger charge is 2.20. The Morgan fingerprint density at radius 3 is 1.29 bits per heavy atom. The number of nitrogens with zero attached hydrogens (tertiary/aromatic N) is 1. The Hall–Kier alpha value is -9.24. The van der Waals surface area contributed by atoms with Gasteiger partial charge < -0.3 is 9.32 Å². The maximum atomic E-state index is 6.55. The van der Waals surface area contributed by atoms with Crippen molar-refractivity contribution >= 4 is 60.5 Å². The molecule has 0 bridgehead atoms. The van der Waals surface area contributed by atoms with Crippen molar-refractivity contribution in [2.24, 2.45) is 0 Å². The highest BCUT2D eigenvalue weighted by atomic mass is 16.3. The zero-order chi connectivity index (χ0) is 46.4. The molecule has 328 valence electrons. The summed E-state index contributed by atoms with van der Waals surface area (Å²) in [7, 11) is 0. The normalized spacial score (nSPS) is 11.4. The molecule has 0 saturated heterocycles. The van der Waals surface area contributed by atoms with E-state index in [1.165, 1.54) is 71.6 Å². The highest BCUT2D eigenvalue weighted by Crippen LogP contribution is 2.46. The molecule has 13 rings (SSSR count). The minimum atomic E-state index is 0.894. The van der Waals surface area contributed by atoms with Crippen LogP contribution in [0.3, 0.4) is 0 Å². The van der Waals surface area contributed by atoms with E-state index < -0.39 is 0 Å². The second kappa shape index (κ2) is 17.4. The van der Waals surface area contributed by atoms with Crippen molar-refractivity contribution in [3.63, 3.8) is 0 Å². The number of rotatable bonds is 9. The molecule has 70 heavy (non-hydrogen) atoms. The Balaban J connectivity index is 0.925. The molecular weight excluding hydrogens is 847 g/mol. The molecule has 2 nitrogen and oxygen atoms in total. The molecule has 1 aromatic heterocycles. The molecule has 0 radical (unpaired) electrons. The van der Waals surface area contributed by atoms with E-state index in [1.807, 2.05) is 12.1 Å². The van der Waals surface area contributed by atoms with Gasteiger partial charge in [-0.15, -0.1) is 0 Å². The van der Waals surface area contributed by atoms with Crippen LogP contribution in [-0.2, 0) is 0 Å². The summed E-state index contributed by atoms with van der Waals surface area (Å²) in [6.45, 7) is 0. The first-order valence-electron chi connectivity index (χ1n) is 24.0. The summed E-state index contributed by atoms with van der Waals surface area (Å²) in [5.41, 5.74) is 19.1. The number of para-hydroxylation sites is 2. The van der Waals surface area contributed by atoms with Crippen LogP contribution in [0, 0.1) is 0 Å². The van der Waals surface area contributed by atoms with Crippen LogP contribution in [0.1, 0.15) is 0 Å². The summed E-state index contributed by atoms with van der Waals surface area (Å²) in [4.78, 5) is 2.36. The number of fused-ring (bicyclic) bond motifs is 6. The summed E-state index contributed by atoms with van der Waals surface area (Å²) >= 11 is 0. The van der Waals surface area contributed by atoms with Crippen LogP contribution in [0.4, 0.5) is 17.1 Å². The van der Waals surface area contributed by atoms with E-state index in [0.717, 1.165) is 55.7 Å². The summed E-state index contributed by atoms with van der Waals surface area (Å²) in [5.74, 6) is 0. The third kappa shape index (κ3) is 7.31. The van der Waals surface area contributed by atoms with E-state index >= 15 is 0 Å². The van der Waals surface area contributed by atoms with E-state index in [-0.39, 0.29) is 0 Å². The first-order valence-corrected chi connectivity index (χ1v) is 24.0. The van der Waals surface area contributed by atoms with Gasteiger partial charge in [0.2, 0.25) is 0 Å². The SMILES string of the molecule is c1ccc(-c2ccc(-c3ccc(N(c4ccc(-c5ccc6c(c5)c(-c5ccccc5)c(-c5ccccc5)c5ccccc56)cc4)c4cccc(-c5cccc6c5oc5ccccc56)c4)cc3)cc2)cc1. The first-order chi connectivity index (χ1) is 34.7. The lowest BCUT2D eigenvalue weighted by atomic mass is 9.84. The molecule has 0 aliphatic rings. The average molecular weight is 892 g/mol. The van der Waals surface area contributed by atoms with Crippen molar-refractivity contribution in [1.82, 2.24) is 0 Å². The standard InChI is InChI=1S/C68H45NO/c1-4-16-46(17-5-1)47-30-32-48(33-31-47)49-34-39-55(40-35-49)69(57-23-14-22-54(44-57)58-27-15-28-63-61-25-12-13-29-65(61)70-68(58)63)56-41-36-50(37-42-56)53-38-43-60-59-24-10-11-26-62(59)66(51-18-6-2-7-19-51)67(64(60)45-53)52-20-8-3-9-21-52/h1-45H. The molecule has 13 aromatic rings. The lowest BCUT2D eigenvalue weighted by Crippen LogP contribution is -2.10. The van der Waals surface area contributed by atoms with Crippen LogP contribution in [0.25, 0.3) is 110 Å². The van der Waals surface area contributed by atoms with E-state index in [9.17, 15) is 0 Å². The fraction of sp³-hybridized carbons (Fsp3) is 0. The fourth-order valence-corrected chi connectivity index (χ4v) is 10.5. The molecule has 0 amide bonds. The molecule has 0 atom stereocenters. The Bertz CT molecular complexity index is 4010. The fourth-order valence-electron chi connectivity index (χ4n) is 10.5. The highest BCUT2D eigenvalue weighted by molar-refractivity contribution is 6.22. The molecule has 1 heterocycles. The summed E-state index contributed by atoms with van der Waals surface area (Å²) < 4.78 is 6.55. The van der Waals surface area contributed by atoms with Gasteiger partial charge >= 0.3 is 0 Å². The smallest absolute Gasteiger partial charge is 0.143 e. The molecule has 0 spiro atoms.